The van der Waals surface area contributed by atoms with E-state index in [2.05, 4.69) is 4.98 Å². The van der Waals surface area contributed by atoms with Crippen molar-refractivity contribution in [2.45, 2.75) is 24.5 Å². The van der Waals surface area contributed by atoms with Crippen molar-refractivity contribution in [3.63, 3.8) is 0 Å². The quantitative estimate of drug-likeness (QED) is 0.393. The molecule has 10 heteroatoms. The normalized spacial score (nSPS) is 27.6. The minimum atomic E-state index is -2.65. The molecule has 0 bridgehead atoms. The van der Waals surface area contributed by atoms with E-state index in [4.69, 9.17) is 5.73 Å². The van der Waals surface area contributed by atoms with Gasteiger partial charge in [0.15, 0.2) is 11.4 Å². The van der Waals surface area contributed by atoms with Gasteiger partial charge in [-0.2, -0.15) is 0 Å². The van der Waals surface area contributed by atoms with Crippen LogP contribution < -0.4 is 5.73 Å². The van der Waals surface area contributed by atoms with E-state index in [1.165, 1.54) is 11.0 Å². The van der Waals surface area contributed by atoms with Crippen LogP contribution in [0.3, 0.4) is 0 Å². The third-order valence-corrected chi connectivity index (χ3v) is 7.55. The number of hydrogen-bond donors (Lipinski definition) is 5. The number of rotatable bonds is 3. The van der Waals surface area contributed by atoms with Gasteiger partial charge in [-0.3, -0.25) is 24.3 Å². The molecule has 1 amide bonds. The van der Waals surface area contributed by atoms with E-state index in [1.807, 2.05) is 0 Å². The Balaban J connectivity index is 1.75. The van der Waals surface area contributed by atoms with Crippen LogP contribution in [0.15, 0.2) is 53.4 Å². The van der Waals surface area contributed by atoms with Gasteiger partial charge in [0.05, 0.1) is 17.3 Å². The number of aliphatic hydroxyl groups excluding tert-OH is 2. The smallest absolute Gasteiger partial charge is 0.255 e. The fourth-order valence-corrected chi connectivity index (χ4v) is 6.01. The van der Waals surface area contributed by atoms with Crippen LogP contribution in [0, 0.1) is 11.8 Å². The number of carbonyl (C=O) groups is 3. The Kier molecular flexibility index (Phi) is 5.27. The highest BCUT2D eigenvalue weighted by molar-refractivity contribution is 6.24. The Morgan fingerprint density at radius 1 is 1.14 bits per heavy atom. The Hall–Kier alpha value is -4.02. The number of phenols is 1. The fourth-order valence-electron chi connectivity index (χ4n) is 6.01. The number of Topliss-reactive ketones (excluding diaryl/α,β-unsaturated/α-hetero) is 2. The summed E-state index contributed by atoms with van der Waals surface area (Å²) in [6, 6.07) is 7.28. The van der Waals surface area contributed by atoms with Crippen molar-refractivity contribution in [1.82, 2.24) is 9.88 Å². The number of benzene rings is 1. The summed E-state index contributed by atoms with van der Waals surface area (Å²) in [6.45, 7) is 0. The van der Waals surface area contributed by atoms with Crippen LogP contribution in [0.2, 0.25) is 0 Å². The average Bonchev–Trinajstić information content (AvgIpc) is 2.81. The maximum atomic E-state index is 13.8. The second kappa shape index (κ2) is 8.00. The fraction of sp³-hybridized carbons (Fsp3) is 0.308. The number of carbonyl (C=O) groups excluding carboxylic acids is 3. The molecular formula is C26H25N3O7. The van der Waals surface area contributed by atoms with E-state index in [9.17, 15) is 34.8 Å². The summed E-state index contributed by atoms with van der Waals surface area (Å²) in [4.78, 5) is 44.8. The summed E-state index contributed by atoms with van der Waals surface area (Å²) < 4.78 is 0. The number of hydrogen-bond acceptors (Lipinski definition) is 9. The SMILES string of the molecule is CN(C)[C@@H]1C(=O)C(C(N)=O)=C(O)[C@@]2(O)C(=O)C3=C(O)c4c(O)ccc(-c5ccccn5)c4C[C@H]3C[C@H]12. The van der Waals surface area contributed by atoms with Crippen molar-refractivity contribution in [1.29, 1.82) is 0 Å². The summed E-state index contributed by atoms with van der Waals surface area (Å²) >= 11 is 0. The maximum absolute atomic E-state index is 13.8. The highest BCUT2D eigenvalue weighted by Gasteiger charge is 2.64. The van der Waals surface area contributed by atoms with E-state index in [1.54, 1.807) is 44.6 Å². The van der Waals surface area contributed by atoms with Gasteiger partial charge in [-0.1, -0.05) is 6.07 Å². The predicted molar refractivity (Wildman–Crippen MR) is 127 cm³/mol. The molecule has 186 valence electrons. The van der Waals surface area contributed by atoms with E-state index >= 15 is 0 Å². The molecular weight excluding hydrogens is 466 g/mol. The molecule has 0 spiro atoms. The lowest BCUT2D eigenvalue weighted by molar-refractivity contribution is -0.153. The largest absolute Gasteiger partial charge is 0.508 e. The second-order valence-electron chi connectivity index (χ2n) is 9.66. The van der Waals surface area contributed by atoms with Crippen LogP contribution >= 0.6 is 0 Å². The summed E-state index contributed by atoms with van der Waals surface area (Å²) in [5.74, 6) is -6.75. The molecule has 0 aliphatic heterocycles. The first-order chi connectivity index (χ1) is 17.0. The van der Waals surface area contributed by atoms with Crippen molar-refractivity contribution in [2.24, 2.45) is 17.6 Å². The molecule has 0 saturated heterocycles. The van der Waals surface area contributed by atoms with Crippen LogP contribution in [0.25, 0.3) is 17.0 Å². The standard InChI is InChI=1S/C26H25N3O7/c1-29(2)20-14-10-11-9-13-12(15-5-3-4-8-28-15)6-7-16(30)18(13)21(31)17(11)23(33)26(14,36)24(34)19(22(20)32)25(27)35/h3-8,11,14,20,30-31,34,36H,9-10H2,1-2H3,(H2,27,35)/t11-,14+,20-,26-/m0/s1. The number of fused-ring (bicyclic) bond motifs is 3. The molecule has 5 rings (SSSR count). The zero-order chi connectivity index (χ0) is 26.1. The number of aliphatic hydroxyl groups is 3. The number of nitrogens with two attached hydrogens (primary N) is 1. The second-order valence-corrected chi connectivity index (χ2v) is 9.66. The van der Waals surface area contributed by atoms with Gasteiger partial charge in [-0.25, -0.2) is 0 Å². The molecule has 3 aliphatic carbocycles. The number of likely N-dealkylation sites (N-methyl/N-ethyl adjacent to an activating group) is 1. The van der Waals surface area contributed by atoms with Gasteiger partial charge < -0.3 is 26.2 Å². The Labute approximate surface area is 206 Å². The van der Waals surface area contributed by atoms with E-state index in [0.717, 1.165) is 0 Å². The lowest BCUT2D eigenvalue weighted by Gasteiger charge is -2.50. The Bertz CT molecular complexity index is 1400. The third-order valence-electron chi connectivity index (χ3n) is 7.55. The summed E-state index contributed by atoms with van der Waals surface area (Å²) in [6.07, 6.45) is 1.85. The monoisotopic (exact) mass is 491 g/mol. The maximum Gasteiger partial charge on any atom is 0.255 e. The van der Waals surface area contributed by atoms with Crippen molar-refractivity contribution in [2.75, 3.05) is 14.1 Å². The highest BCUT2D eigenvalue weighted by Crippen LogP contribution is 2.53. The van der Waals surface area contributed by atoms with Crippen molar-refractivity contribution in [3.05, 3.63) is 64.6 Å². The van der Waals surface area contributed by atoms with E-state index < -0.39 is 58.0 Å². The Morgan fingerprint density at radius 2 is 1.86 bits per heavy atom. The lowest BCUT2D eigenvalue weighted by Crippen LogP contribution is -2.65. The third kappa shape index (κ3) is 3.04. The first-order valence-corrected chi connectivity index (χ1v) is 11.4. The Morgan fingerprint density at radius 3 is 2.47 bits per heavy atom. The van der Waals surface area contributed by atoms with Gasteiger partial charge in [0, 0.05) is 23.3 Å². The molecule has 0 radical (unpaired) electrons. The molecule has 10 nitrogen and oxygen atoms in total. The lowest BCUT2D eigenvalue weighted by atomic mass is 9.57. The molecule has 3 aliphatic rings. The number of phenolic OH excluding ortho intramolecular Hbond substituents is 1. The first-order valence-electron chi connectivity index (χ1n) is 11.4. The van der Waals surface area contributed by atoms with Crippen LogP contribution in [0.1, 0.15) is 17.5 Å². The number of nitrogens with zero attached hydrogens (tertiary/aromatic N) is 2. The van der Waals surface area contributed by atoms with Gasteiger partial charge in [-0.05, 0) is 62.7 Å². The number of aromatic nitrogens is 1. The van der Waals surface area contributed by atoms with E-state index in [0.29, 0.717) is 16.8 Å². The predicted octanol–water partition coefficient (Wildman–Crippen LogP) is 1.03. The number of amides is 1. The van der Waals surface area contributed by atoms with Crippen molar-refractivity contribution >= 4 is 23.2 Å². The highest BCUT2D eigenvalue weighted by atomic mass is 16.3. The molecule has 1 heterocycles. The topological polar surface area (TPSA) is 174 Å². The van der Waals surface area contributed by atoms with Crippen molar-refractivity contribution < 1.29 is 34.8 Å². The number of primary amides is 1. The zero-order valence-corrected chi connectivity index (χ0v) is 19.6. The first kappa shape index (κ1) is 23.7. The number of ketones is 2. The van der Waals surface area contributed by atoms with Crippen LogP contribution in [-0.4, -0.2) is 73.5 Å². The molecule has 6 N–H and O–H groups in total. The van der Waals surface area contributed by atoms with Gasteiger partial charge in [0.1, 0.15) is 22.8 Å². The van der Waals surface area contributed by atoms with Crippen LogP contribution in [-0.2, 0) is 20.8 Å². The summed E-state index contributed by atoms with van der Waals surface area (Å²) in [7, 11) is 3.12. The van der Waals surface area contributed by atoms with E-state index in [-0.39, 0.29) is 29.7 Å². The van der Waals surface area contributed by atoms with Crippen LogP contribution in [0.4, 0.5) is 0 Å². The molecule has 1 aromatic carbocycles. The molecule has 0 unspecified atom stereocenters. The van der Waals surface area contributed by atoms with Crippen LogP contribution in [0.5, 0.6) is 5.75 Å². The van der Waals surface area contributed by atoms with Gasteiger partial charge in [-0.15, -0.1) is 0 Å². The van der Waals surface area contributed by atoms with Gasteiger partial charge >= 0.3 is 0 Å². The van der Waals surface area contributed by atoms with Gasteiger partial charge in [0.2, 0.25) is 5.78 Å². The zero-order valence-electron chi connectivity index (χ0n) is 19.6. The minimum Gasteiger partial charge on any atom is -0.508 e. The molecule has 4 atom stereocenters. The number of aromatic hydroxyl groups is 1. The summed E-state index contributed by atoms with van der Waals surface area (Å²) in [5, 5.41) is 44.4. The van der Waals surface area contributed by atoms with Gasteiger partial charge in [0.25, 0.3) is 5.91 Å². The molecule has 1 aromatic heterocycles. The molecule has 1 fully saturated rings. The minimum absolute atomic E-state index is 0.0308. The molecule has 36 heavy (non-hydrogen) atoms. The number of pyridine rings is 1. The molecule has 2 aromatic rings. The average molecular weight is 492 g/mol. The molecule has 1 saturated carbocycles. The van der Waals surface area contributed by atoms with Crippen molar-refractivity contribution in [3.8, 4) is 17.0 Å². The summed E-state index contributed by atoms with van der Waals surface area (Å²) in [5.41, 5.74) is 3.53.